The molecule has 1 aromatic carbocycles. The third-order valence-corrected chi connectivity index (χ3v) is 4.26. The summed E-state index contributed by atoms with van der Waals surface area (Å²) >= 11 is 0. The molecular formula is C15H23NO2. The van der Waals surface area contributed by atoms with Crippen molar-refractivity contribution < 1.29 is 9.84 Å². The highest BCUT2D eigenvalue weighted by Crippen LogP contribution is 2.40. The molecule has 1 fully saturated rings. The lowest BCUT2D eigenvalue weighted by atomic mass is 9.86. The smallest absolute Gasteiger partial charge is 0.119 e. The van der Waals surface area contributed by atoms with E-state index in [1.54, 1.807) is 7.11 Å². The molecule has 1 aromatic rings. The summed E-state index contributed by atoms with van der Waals surface area (Å²) in [6.07, 6.45) is 2.04. The second-order valence-electron chi connectivity index (χ2n) is 5.50. The van der Waals surface area contributed by atoms with Gasteiger partial charge in [0, 0.05) is 24.4 Å². The fourth-order valence-electron chi connectivity index (χ4n) is 3.02. The van der Waals surface area contributed by atoms with Crippen LogP contribution in [0.4, 0.5) is 5.69 Å². The van der Waals surface area contributed by atoms with E-state index in [1.165, 1.54) is 5.69 Å². The summed E-state index contributed by atoms with van der Waals surface area (Å²) in [5, 5.41) is 9.15. The minimum Gasteiger partial charge on any atom is -0.497 e. The molecule has 2 rings (SSSR count). The molecule has 1 unspecified atom stereocenters. The predicted molar refractivity (Wildman–Crippen MR) is 74.2 cm³/mol. The zero-order valence-corrected chi connectivity index (χ0v) is 11.5. The van der Waals surface area contributed by atoms with Gasteiger partial charge in [0.15, 0.2) is 0 Å². The summed E-state index contributed by atoms with van der Waals surface area (Å²) < 4.78 is 5.19. The van der Waals surface area contributed by atoms with Gasteiger partial charge in [-0.1, -0.05) is 0 Å². The van der Waals surface area contributed by atoms with Crippen molar-refractivity contribution in [2.24, 2.45) is 5.92 Å². The van der Waals surface area contributed by atoms with Gasteiger partial charge >= 0.3 is 0 Å². The molecule has 0 spiro atoms. The Kier molecular flexibility index (Phi) is 3.81. The zero-order valence-electron chi connectivity index (χ0n) is 11.5. The van der Waals surface area contributed by atoms with Gasteiger partial charge in [-0.05, 0) is 56.9 Å². The highest BCUT2D eigenvalue weighted by Gasteiger charge is 2.40. The van der Waals surface area contributed by atoms with Crippen molar-refractivity contribution >= 4 is 5.69 Å². The molecule has 3 heteroatoms. The minimum absolute atomic E-state index is 0.108. The molecule has 18 heavy (non-hydrogen) atoms. The van der Waals surface area contributed by atoms with Crippen LogP contribution >= 0.6 is 0 Å². The summed E-state index contributed by atoms with van der Waals surface area (Å²) in [4.78, 5) is 2.44. The molecular weight excluding hydrogens is 226 g/mol. The summed E-state index contributed by atoms with van der Waals surface area (Å²) in [5.74, 6) is 1.45. The highest BCUT2D eigenvalue weighted by atomic mass is 16.5. The molecule has 1 aliphatic heterocycles. The van der Waals surface area contributed by atoms with Crippen LogP contribution in [0.25, 0.3) is 0 Å². The van der Waals surface area contributed by atoms with E-state index in [0.29, 0.717) is 5.92 Å². The molecule has 3 nitrogen and oxygen atoms in total. The molecule has 1 heterocycles. The van der Waals surface area contributed by atoms with Crippen LogP contribution in [0.15, 0.2) is 24.3 Å². The number of hydrogen-bond donors (Lipinski definition) is 1. The minimum atomic E-state index is 0.108. The number of rotatable bonds is 4. The zero-order chi connectivity index (χ0) is 13.2. The first-order valence-electron chi connectivity index (χ1n) is 6.62. The van der Waals surface area contributed by atoms with Gasteiger partial charge in [-0.15, -0.1) is 0 Å². The van der Waals surface area contributed by atoms with Crippen LogP contribution in [0.1, 0.15) is 26.7 Å². The monoisotopic (exact) mass is 249 g/mol. The quantitative estimate of drug-likeness (QED) is 0.890. The average Bonchev–Trinajstić information content (AvgIpc) is 2.66. The van der Waals surface area contributed by atoms with Gasteiger partial charge in [0.1, 0.15) is 5.75 Å². The van der Waals surface area contributed by atoms with Crippen LogP contribution in [0.3, 0.4) is 0 Å². The van der Waals surface area contributed by atoms with E-state index in [-0.39, 0.29) is 12.1 Å². The van der Waals surface area contributed by atoms with Gasteiger partial charge in [0.2, 0.25) is 0 Å². The molecule has 0 bridgehead atoms. The van der Waals surface area contributed by atoms with E-state index in [0.717, 1.165) is 25.1 Å². The first-order valence-corrected chi connectivity index (χ1v) is 6.62. The van der Waals surface area contributed by atoms with Crippen molar-refractivity contribution in [3.8, 4) is 5.75 Å². The Balaban J connectivity index is 2.18. The summed E-state index contributed by atoms with van der Waals surface area (Å²) in [5.41, 5.74) is 1.35. The maximum Gasteiger partial charge on any atom is 0.119 e. The summed E-state index contributed by atoms with van der Waals surface area (Å²) in [6, 6.07) is 8.24. The largest absolute Gasteiger partial charge is 0.497 e. The third kappa shape index (κ3) is 2.32. The molecule has 1 atom stereocenters. The first kappa shape index (κ1) is 13.2. The van der Waals surface area contributed by atoms with Crippen molar-refractivity contribution in [3.05, 3.63) is 24.3 Å². The SMILES string of the molecule is COc1ccc(N2CCC(CCO)C2(C)C)cc1. The van der Waals surface area contributed by atoms with E-state index in [4.69, 9.17) is 9.84 Å². The number of benzene rings is 1. The van der Waals surface area contributed by atoms with E-state index < -0.39 is 0 Å². The number of anilines is 1. The molecule has 1 aliphatic rings. The number of methoxy groups -OCH3 is 1. The molecule has 0 radical (unpaired) electrons. The van der Waals surface area contributed by atoms with Crippen LogP contribution in [0.5, 0.6) is 5.75 Å². The van der Waals surface area contributed by atoms with Gasteiger partial charge in [0.05, 0.1) is 7.11 Å². The van der Waals surface area contributed by atoms with E-state index in [9.17, 15) is 0 Å². The average molecular weight is 249 g/mol. The number of hydrogen-bond acceptors (Lipinski definition) is 3. The van der Waals surface area contributed by atoms with Crippen molar-refractivity contribution in [1.29, 1.82) is 0 Å². The fraction of sp³-hybridized carbons (Fsp3) is 0.600. The number of aliphatic hydroxyl groups is 1. The molecule has 0 aliphatic carbocycles. The van der Waals surface area contributed by atoms with Crippen LogP contribution < -0.4 is 9.64 Å². The third-order valence-electron chi connectivity index (χ3n) is 4.26. The van der Waals surface area contributed by atoms with Crippen molar-refractivity contribution in [3.63, 3.8) is 0 Å². The van der Waals surface area contributed by atoms with E-state index in [2.05, 4.69) is 30.9 Å². The van der Waals surface area contributed by atoms with Crippen LogP contribution in [0.2, 0.25) is 0 Å². The number of aliphatic hydroxyl groups excluding tert-OH is 1. The Bertz CT molecular complexity index is 386. The summed E-state index contributed by atoms with van der Waals surface area (Å²) in [7, 11) is 1.69. The summed E-state index contributed by atoms with van der Waals surface area (Å²) in [6.45, 7) is 5.88. The molecule has 100 valence electrons. The normalized spacial score (nSPS) is 22.2. The highest BCUT2D eigenvalue weighted by molar-refractivity contribution is 5.52. The molecule has 0 amide bonds. The molecule has 1 N–H and O–H groups in total. The van der Waals surface area contributed by atoms with Gasteiger partial charge in [-0.3, -0.25) is 0 Å². The van der Waals surface area contributed by atoms with Gasteiger partial charge in [-0.25, -0.2) is 0 Å². The van der Waals surface area contributed by atoms with Crippen molar-refractivity contribution in [2.75, 3.05) is 25.2 Å². The van der Waals surface area contributed by atoms with Crippen molar-refractivity contribution in [2.45, 2.75) is 32.2 Å². The maximum absolute atomic E-state index is 9.15. The van der Waals surface area contributed by atoms with Crippen LogP contribution in [0, 0.1) is 5.92 Å². The Morgan fingerprint density at radius 1 is 1.33 bits per heavy atom. The molecule has 1 saturated heterocycles. The lowest BCUT2D eigenvalue weighted by Gasteiger charge is -2.37. The second kappa shape index (κ2) is 5.19. The standard InChI is InChI=1S/C15H23NO2/c1-15(2)12(9-11-17)8-10-16(15)13-4-6-14(18-3)7-5-13/h4-7,12,17H,8-11H2,1-3H3. The Labute approximate surface area is 109 Å². The van der Waals surface area contributed by atoms with Crippen LogP contribution in [-0.4, -0.2) is 30.9 Å². The second-order valence-corrected chi connectivity index (χ2v) is 5.50. The first-order chi connectivity index (χ1) is 8.59. The lowest BCUT2D eigenvalue weighted by molar-refractivity contribution is 0.229. The van der Waals surface area contributed by atoms with Gasteiger partial charge in [-0.2, -0.15) is 0 Å². The predicted octanol–water partition coefficient (Wildman–Crippen LogP) is 2.68. The molecule has 0 saturated carbocycles. The van der Waals surface area contributed by atoms with Gasteiger partial charge in [0.25, 0.3) is 0 Å². The fourth-order valence-corrected chi connectivity index (χ4v) is 3.02. The molecule has 0 aromatic heterocycles. The van der Waals surface area contributed by atoms with Crippen molar-refractivity contribution in [1.82, 2.24) is 0 Å². The van der Waals surface area contributed by atoms with Crippen LogP contribution in [-0.2, 0) is 0 Å². The topological polar surface area (TPSA) is 32.7 Å². The number of ether oxygens (including phenoxy) is 1. The van der Waals surface area contributed by atoms with Gasteiger partial charge < -0.3 is 14.7 Å². The van der Waals surface area contributed by atoms with E-state index >= 15 is 0 Å². The van der Waals surface area contributed by atoms with E-state index in [1.807, 2.05) is 12.1 Å². The lowest BCUT2D eigenvalue weighted by Crippen LogP contribution is -2.42. The Hall–Kier alpha value is -1.22. The Morgan fingerprint density at radius 3 is 2.56 bits per heavy atom. The number of nitrogens with zero attached hydrogens (tertiary/aromatic N) is 1. The Morgan fingerprint density at radius 2 is 2.00 bits per heavy atom. The maximum atomic E-state index is 9.15.